The molecule has 1 aliphatic rings. The molecule has 0 aliphatic heterocycles. The second kappa shape index (κ2) is 7.46. The average Bonchev–Trinajstić information content (AvgIpc) is 2.59. The van der Waals surface area contributed by atoms with Gasteiger partial charge in [-0.05, 0) is 48.2 Å². The Labute approximate surface area is 152 Å². The molecule has 1 fully saturated rings. The first kappa shape index (κ1) is 17.8. The van der Waals surface area contributed by atoms with Crippen LogP contribution in [-0.4, -0.2) is 31.3 Å². The highest BCUT2D eigenvalue weighted by atomic mass is 35.5. The van der Waals surface area contributed by atoms with Gasteiger partial charge in [0.05, 0.1) is 11.6 Å². The van der Waals surface area contributed by atoms with Gasteiger partial charge in [0.25, 0.3) is 5.91 Å². The molecule has 2 N–H and O–H groups in total. The zero-order chi connectivity index (χ0) is 17.9. The molecule has 0 heterocycles. The number of phenolic OH excluding ortho intramolecular Hbond substituents is 1. The minimum Gasteiger partial charge on any atom is -0.506 e. The van der Waals surface area contributed by atoms with Crippen LogP contribution in [0.1, 0.15) is 29.6 Å². The third-order valence-electron chi connectivity index (χ3n) is 4.92. The number of hydrogen-bond acceptors (Lipinski definition) is 3. The fourth-order valence-electron chi connectivity index (χ4n) is 3.23. The summed E-state index contributed by atoms with van der Waals surface area (Å²) < 4.78 is 5.29. The Balaban J connectivity index is 1.65. The van der Waals surface area contributed by atoms with Crippen LogP contribution in [-0.2, 0) is 4.74 Å². The van der Waals surface area contributed by atoms with Crippen molar-refractivity contribution in [2.24, 2.45) is 5.41 Å². The van der Waals surface area contributed by atoms with E-state index in [4.69, 9.17) is 16.3 Å². The summed E-state index contributed by atoms with van der Waals surface area (Å²) in [4.78, 5) is 12.4. The zero-order valence-electron chi connectivity index (χ0n) is 14.2. The van der Waals surface area contributed by atoms with Gasteiger partial charge in [-0.15, -0.1) is 0 Å². The van der Waals surface area contributed by atoms with Crippen LogP contribution >= 0.6 is 11.6 Å². The molecule has 0 saturated heterocycles. The van der Waals surface area contributed by atoms with Crippen LogP contribution in [0.25, 0.3) is 11.1 Å². The summed E-state index contributed by atoms with van der Waals surface area (Å²) in [6.07, 6.45) is 3.40. The van der Waals surface area contributed by atoms with Gasteiger partial charge in [0.1, 0.15) is 5.75 Å². The molecule has 0 radical (unpaired) electrons. The fourth-order valence-corrected chi connectivity index (χ4v) is 3.41. The maximum absolute atomic E-state index is 12.4. The largest absolute Gasteiger partial charge is 0.506 e. The van der Waals surface area contributed by atoms with Crippen LogP contribution in [0.5, 0.6) is 5.75 Å². The fraction of sp³-hybridized carbons (Fsp3) is 0.350. The van der Waals surface area contributed by atoms with E-state index in [9.17, 15) is 9.90 Å². The van der Waals surface area contributed by atoms with Crippen molar-refractivity contribution >= 4 is 17.5 Å². The van der Waals surface area contributed by atoms with Crippen molar-refractivity contribution in [3.05, 3.63) is 53.1 Å². The van der Waals surface area contributed by atoms with Crippen molar-refractivity contribution in [2.45, 2.75) is 19.3 Å². The lowest BCUT2D eigenvalue weighted by atomic mass is 9.69. The van der Waals surface area contributed by atoms with Crippen molar-refractivity contribution < 1.29 is 14.6 Å². The van der Waals surface area contributed by atoms with Crippen LogP contribution in [0.2, 0.25) is 5.02 Å². The number of methoxy groups -OCH3 is 1. The molecule has 0 aromatic heterocycles. The normalized spacial score (nSPS) is 15.4. The van der Waals surface area contributed by atoms with Crippen LogP contribution in [0.4, 0.5) is 0 Å². The van der Waals surface area contributed by atoms with Crippen molar-refractivity contribution in [3.63, 3.8) is 0 Å². The molecule has 1 saturated carbocycles. The number of carbonyl (C=O) groups is 1. The number of nitrogens with one attached hydrogen (secondary N) is 1. The van der Waals surface area contributed by atoms with E-state index in [0.717, 1.165) is 24.0 Å². The SMILES string of the molecule is COCC1(CNC(=O)c2ccc(-c3ccc(O)c(Cl)c3)cc2)CCC1. The summed E-state index contributed by atoms with van der Waals surface area (Å²) in [6, 6.07) is 12.4. The smallest absolute Gasteiger partial charge is 0.251 e. The van der Waals surface area contributed by atoms with Gasteiger partial charge in [0, 0.05) is 24.6 Å². The Hall–Kier alpha value is -2.04. The Morgan fingerprint density at radius 1 is 1.20 bits per heavy atom. The monoisotopic (exact) mass is 359 g/mol. The zero-order valence-corrected chi connectivity index (χ0v) is 15.0. The number of rotatable bonds is 6. The van der Waals surface area contributed by atoms with E-state index in [2.05, 4.69) is 5.32 Å². The first-order chi connectivity index (χ1) is 12.0. The molecular formula is C20H22ClNO3. The number of ether oxygens (including phenoxy) is 1. The summed E-state index contributed by atoms with van der Waals surface area (Å²) in [5.41, 5.74) is 2.56. The molecule has 25 heavy (non-hydrogen) atoms. The Morgan fingerprint density at radius 3 is 2.44 bits per heavy atom. The second-order valence-corrected chi connectivity index (χ2v) is 7.12. The third-order valence-corrected chi connectivity index (χ3v) is 5.22. The van der Waals surface area contributed by atoms with Crippen molar-refractivity contribution in [1.29, 1.82) is 0 Å². The Kier molecular flexibility index (Phi) is 5.30. The quantitative estimate of drug-likeness (QED) is 0.810. The van der Waals surface area contributed by atoms with Gasteiger partial charge >= 0.3 is 0 Å². The molecule has 2 aromatic carbocycles. The molecule has 4 nitrogen and oxygen atoms in total. The highest BCUT2D eigenvalue weighted by Crippen LogP contribution is 2.40. The lowest BCUT2D eigenvalue weighted by Crippen LogP contribution is -2.45. The van der Waals surface area contributed by atoms with Crippen molar-refractivity contribution in [3.8, 4) is 16.9 Å². The highest BCUT2D eigenvalue weighted by molar-refractivity contribution is 6.32. The highest BCUT2D eigenvalue weighted by Gasteiger charge is 2.37. The third kappa shape index (κ3) is 3.97. The van der Waals surface area contributed by atoms with E-state index in [-0.39, 0.29) is 17.1 Å². The maximum atomic E-state index is 12.4. The lowest BCUT2D eigenvalue weighted by molar-refractivity contribution is 0.0180. The van der Waals surface area contributed by atoms with Crippen molar-refractivity contribution in [2.75, 3.05) is 20.3 Å². The second-order valence-electron chi connectivity index (χ2n) is 6.71. The molecule has 0 unspecified atom stereocenters. The molecule has 3 rings (SSSR count). The molecule has 132 valence electrons. The molecule has 1 amide bonds. The van der Waals surface area contributed by atoms with Crippen molar-refractivity contribution in [1.82, 2.24) is 5.32 Å². The molecule has 0 atom stereocenters. The van der Waals surface area contributed by atoms with Gasteiger partial charge in [0.2, 0.25) is 0 Å². The van der Waals surface area contributed by atoms with Gasteiger partial charge < -0.3 is 15.2 Å². The molecule has 0 bridgehead atoms. The van der Waals surface area contributed by atoms with Crippen LogP contribution < -0.4 is 5.32 Å². The first-order valence-electron chi connectivity index (χ1n) is 8.39. The molecule has 0 spiro atoms. The van der Waals surface area contributed by atoms with E-state index >= 15 is 0 Å². The predicted molar refractivity (Wildman–Crippen MR) is 99.0 cm³/mol. The maximum Gasteiger partial charge on any atom is 0.251 e. The summed E-state index contributed by atoms with van der Waals surface area (Å²) in [6.45, 7) is 1.34. The summed E-state index contributed by atoms with van der Waals surface area (Å²) in [7, 11) is 1.70. The number of hydrogen-bond donors (Lipinski definition) is 2. The van der Waals surface area contributed by atoms with Crippen LogP contribution in [0.3, 0.4) is 0 Å². The van der Waals surface area contributed by atoms with E-state index < -0.39 is 0 Å². The standard InChI is InChI=1S/C20H22ClNO3/c1-25-13-20(9-2-10-20)12-22-19(24)15-5-3-14(4-6-15)16-7-8-18(23)17(21)11-16/h3-8,11,23H,2,9-10,12-13H2,1H3,(H,22,24). The first-order valence-corrected chi connectivity index (χ1v) is 8.77. The van der Waals surface area contributed by atoms with Gasteiger partial charge in [-0.2, -0.15) is 0 Å². The van der Waals surface area contributed by atoms with E-state index in [1.165, 1.54) is 6.42 Å². The molecule has 2 aromatic rings. The van der Waals surface area contributed by atoms with Gasteiger partial charge in [-0.1, -0.05) is 36.2 Å². The number of aromatic hydroxyl groups is 1. The number of benzene rings is 2. The lowest BCUT2D eigenvalue weighted by Gasteiger charge is -2.41. The predicted octanol–water partition coefficient (Wildman–Crippen LogP) is 4.26. The Morgan fingerprint density at radius 2 is 1.88 bits per heavy atom. The summed E-state index contributed by atoms with van der Waals surface area (Å²) >= 11 is 5.95. The summed E-state index contributed by atoms with van der Waals surface area (Å²) in [5, 5.41) is 12.8. The van der Waals surface area contributed by atoms with Crippen LogP contribution in [0.15, 0.2) is 42.5 Å². The number of amides is 1. The van der Waals surface area contributed by atoms with Gasteiger partial charge in [-0.3, -0.25) is 4.79 Å². The molecular weight excluding hydrogens is 338 g/mol. The number of carbonyl (C=O) groups excluding carboxylic acids is 1. The van der Waals surface area contributed by atoms with Crippen LogP contribution in [0, 0.1) is 5.41 Å². The van der Waals surface area contributed by atoms with E-state index in [1.54, 1.807) is 37.4 Å². The minimum atomic E-state index is -0.0716. The Bertz CT molecular complexity index is 754. The van der Waals surface area contributed by atoms with E-state index in [0.29, 0.717) is 23.7 Å². The molecule has 1 aliphatic carbocycles. The average molecular weight is 360 g/mol. The van der Waals surface area contributed by atoms with E-state index in [1.807, 2.05) is 12.1 Å². The molecule has 5 heteroatoms. The minimum absolute atomic E-state index is 0.0578. The number of halogens is 1. The topological polar surface area (TPSA) is 58.6 Å². The number of phenols is 1. The van der Waals surface area contributed by atoms with Gasteiger partial charge in [-0.25, -0.2) is 0 Å². The summed E-state index contributed by atoms with van der Waals surface area (Å²) in [5.74, 6) is -0.0138. The van der Waals surface area contributed by atoms with Gasteiger partial charge in [0.15, 0.2) is 0 Å².